The number of carboxylic acid groups (broad SMARTS) is 1. The molecule has 0 aromatic heterocycles. The van der Waals surface area contributed by atoms with Gasteiger partial charge in [0, 0.05) is 6.61 Å². The van der Waals surface area contributed by atoms with Crippen LogP contribution in [0, 0.1) is 0 Å². The van der Waals surface area contributed by atoms with Gasteiger partial charge in [0.15, 0.2) is 0 Å². The number of carbonyl (C=O) groups is 1. The molecular weight excluding hydrogens is 294 g/mol. The summed E-state index contributed by atoms with van der Waals surface area (Å²) in [6.45, 7) is 2.24. The molecule has 0 heterocycles. The van der Waals surface area contributed by atoms with Gasteiger partial charge in [0.25, 0.3) is 0 Å². The molecule has 8 heteroatoms. The van der Waals surface area contributed by atoms with E-state index in [0.717, 1.165) is 0 Å². The molecule has 6 nitrogen and oxygen atoms in total. The van der Waals surface area contributed by atoms with Crippen molar-refractivity contribution in [2.24, 2.45) is 0 Å². The van der Waals surface area contributed by atoms with Gasteiger partial charge >= 0.3 is 5.97 Å². The molecule has 0 amide bonds. The van der Waals surface area contributed by atoms with Gasteiger partial charge in [0.05, 0.1) is 28.6 Å². The van der Waals surface area contributed by atoms with Crippen molar-refractivity contribution < 1.29 is 23.1 Å². The zero-order valence-corrected chi connectivity index (χ0v) is 11.8. The molecule has 0 aliphatic rings. The summed E-state index contributed by atoms with van der Waals surface area (Å²) in [6, 6.07) is 3.79. The number of aromatic carboxylic acids is 1. The number of hydrogen-bond donors (Lipinski definition) is 2. The Morgan fingerprint density at radius 2 is 2.16 bits per heavy atom. The normalized spacial score (nSPS) is 11.3. The largest absolute Gasteiger partial charge is 0.478 e. The molecule has 106 valence electrons. The van der Waals surface area contributed by atoms with Gasteiger partial charge in [-0.05, 0) is 25.1 Å². The summed E-state index contributed by atoms with van der Waals surface area (Å²) in [6.07, 6.45) is 0. The van der Waals surface area contributed by atoms with Crippen LogP contribution in [-0.2, 0) is 14.8 Å². The first-order valence-electron chi connectivity index (χ1n) is 5.47. The summed E-state index contributed by atoms with van der Waals surface area (Å²) in [7, 11) is -3.62. The Balaban J connectivity index is 2.86. The van der Waals surface area contributed by atoms with Crippen molar-refractivity contribution in [1.29, 1.82) is 0 Å². The van der Waals surface area contributed by atoms with E-state index in [1.807, 2.05) is 0 Å². The minimum absolute atomic E-state index is 0.0399. The van der Waals surface area contributed by atoms with Gasteiger partial charge < -0.3 is 9.84 Å². The molecule has 0 unspecified atom stereocenters. The molecule has 0 saturated carbocycles. The van der Waals surface area contributed by atoms with Gasteiger partial charge in [-0.2, -0.15) is 0 Å². The lowest BCUT2D eigenvalue weighted by atomic mass is 10.2. The van der Waals surface area contributed by atoms with Gasteiger partial charge in [0.1, 0.15) is 0 Å². The fourth-order valence-electron chi connectivity index (χ4n) is 1.27. The molecule has 0 atom stereocenters. The van der Waals surface area contributed by atoms with E-state index in [2.05, 4.69) is 4.72 Å². The van der Waals surface area contributed by atoms with E-state index >= 15 is 0 Å². The minimum Gasteiger partial charge on any atom is -0.478 e. The van der Waals surface area contributed by atoms with Crippen molar-refractivity contribution in [3.63, 3.8) is 0 Å². The van der Waals surface area contributed by atoms with Crippen molar-refractivity contribution in [2.75, 3.05) is 23.7 Å². The molecular formula is C11H14ClNO5S. The van der Waals surface area contributed by atoms with Crippen LogP contribution in [-0.4, -0.2) is 38.5 Å². The maximum absolute atomic E-state index is 11.7. The molecule has 0 radical (unpaired) electrons. The van der Waals surface area contributed by atoms with E-state index in [4.69, 9.17) is 21.4 Å². The standard InChI is InChI=1S/C11H14ClNO5S/c1-2-18-5-6-19(16,17)13-10-7-8(11(14)15)3-4-9(10)12/h3-4,7,13H,2,5-6H2,1H3,(H,14,15). The molecule has 19 heavy (non-hydrogen) atoms. The topological polar surface area (TPSA) is 92.7 Å². The number of ether oxygens (including phenoxy) is 1. The van der Waals surface area contributed by atoms with E-state index in [9.17, 15) is 13.2 Å². The van der Waals surface area contributed by atoms with Crippen LogP contribution in [0.5, 0.6) is 0 Å². The number of carboxylic acids is 1. The van der Waals surface area contributed by atoms with Crippen molar-refractivity contribution in [1.82, 2.24) is 0 Å². The molecule has 2 N–H and O–H groups in total. The van der Waals surface area contributed by atoms with Crippen LogP contribution in [0.2, 0.25) is 5.02 Å². The summed E-state index contributed by atoms with van der Waals surface area (Å²) in [5.41, 5.74) is -0.00928. The maximum atomic E-state index is 11.7. The molecule has 0 spiro atoms. The molecule has 0 saturated heterocycles. The number of sulfonamides is 1. The highest BCUT2D eigenvalue weighted by molar-refractivity contribution is 7.92. The van der Waals surface area contributed by atoms with Gasteiger partial charge in [0.2, 0.25) is 10.0 Å². The summed E-state index contributed by atoms with van der Waals surface area (Å²) in [5.74, 6) is -1.39. The molecule has 1 rings (SSSR count). The van der Waals surface area contributed by atoms with E-state index in [-0.39, 0.29) is 28.6 Å². The van der Waals surface area contributed by atoms with E-state index < -0.39 is 16.0 Å². The minimum atomic E-state index is -3.62. The Morgan fingerprint density at radius 3 is 2.74 bits per heavy atom. The number of hydrogen-bond acceptors (Lipinski definition) is 4. The number of benzene rings is 1. The molecule has 0 bridgehead atoms. The highest BCUT2D eigenvalue weighted by Crippen LogP contribution is 2.24. The van der Waals surface area contributed by atoms with Gasteiger partial charge in [-0.1, -0.05) is 11.6 Å². The number of anilines is 1. The van der Waals surface area contributed by atoms with Gasteiger partial charge in [-0.3, -0.25) is 4.72 Å². The zero-order chi connectivity index (χ0) is 14.5. The summed E-state index contributed by atoms with van der Waals surface area (Å²) in [5, 5.41) is 8.96. The molecule has 0 aliphatic heterocycles. The lowest BCUT2D eigenvalue weighted by Gasteiger charge is -2.10. The summed E-state index contributed by atoms with van der Waals surface area (Å²) < 4.78 is 30.6. The Bertz CT molecular complexity index is 558. The Hall–Kier alpha value is -1.31. The van der Waals surface area contributed by atoms with Gasteiger partial charge in [-0.25, -0.2) is 13.2 Å². The SMILES string of the molecule is CCOCCS(=O)(=O)Nc1cc(C(=O)O)ccc1Cl. The lowest BCUT2D eigenvalue weighted by molar-refractivity contribution is 0.0697. The smallest absolute Gasteiger partial charge is 0.335 e. The Kier molecular flexibility index (Phi) is 5.59. The second kappa shape index (κ2) is 6.74. The molecule has 1 aromatic carbocycles. The number of rotatable bonds is 7. The third kappa shape index (κ3) is 5.06. The number of halogens is 1. The average molecular weight is 308 g/mol. The third-order valence-corrected chi connectivity index (χ3v) is 3.74. The monoisotopic (exact) mass is 307 g/mol. The van der Waals surface area contributed by atoms with Crippen LogP contribution in [0.4, 0.5) is 5.69 Å². The highest BCUT2D eigenvalue weighted by Gasteiger charge is 2.14. The highest BCUT2D eigenvalue weighted by atomic mass is 35.5. The van der Waals surface area contributed by atoms with Crippen LogP contribution in [0.15, 0.2) is 18.2 Å². The summed E-state index contributed by atoms with van der Waals surface area (Å²) >= 11 is 5.82. The number of nitrogens with one attached hydrogen (secondary N) is 1. The van der Waals surface area contributed by atoms with Crippen molar-refractivity contribution in [3.05, 3.63) is 28.8 Å². The van der Waals surface area contributed by atoms with Crippen molar-refractivity contribution >= 4 is 33.3 Å². The van der Waals surface area contributed by atoms with E-state index in [1.54, 1.807) is 6.92 Å². The van der Waals surface area contributed by atoms with Gasteiger partial charge in [-0.15, -0.1) is 0 Å². The third-order valence-electron chi connectivity index (χ3n) is 2.18. The first kappa shape index (κ1) is 15.7. The zero-order valence-electron chi connectivity index (χ0n) is 10.2. The van der Waals surface area contributed by atoms with Crippen LogP contribution < -0.4 is 4.72 Å². The van der Waals surface area contributed by atoms with Crippen LogP contribution in [0.25, 0.3) is 0 Å². The fraction of sp³-hybridized carbons (Fsp3) is 0.364. The fourth-order valence-corrected chi connectivity index (χ4v) is 2.43. The summed E-state index contributed by atoms with van der Waals surface area (Å²) in [4.78, 5) is 10.8. The predicted octanol–water partition coefficient (Wildman–Crippen LogP) is 1.82. The average Bonchev–Trinajstić information content (AvgIpc) is 2.31. The first-order valence-corrected chi connectivity index (χ1v) is 7.50. The first-order chi connectivity index (χ1) is 8.85. The molecule has 0 aliphatic carbocycles. The second-order valence-corrected chi connectivity index (χ2v) is 5.87. The second-order valence-electron chi connectivity index (χ2n) is 3.62. The lowest BCUT2D eigenvalue weighted by Crippen LogP contribution is -2.20. The van der Waals surface area contributed by atoms with Crippen LogP contribution >= 0.6 is 11.6 Å². The maximum Gasteiger partial charge on any atom is 0.335 e. The van der Waals surface area contributed by atoms with Crippen LogP contribution in [0.3, 0.4) is 0 Å². The quantitative estimate of drug-likeness (QED) is 0.749. The predicted molar refractivity (Wildman–Crippen MR) is 72.3 cm³/mol. The molecule has 0 fully saturated rings. The van der Waals surface area contributed by atoms with Crippen molar-refractivity contribution in [2.45, 2.75) is 6.92 Å². The van der Waals surface area contributed by atoms with Crippen molar-refractivity contribution in [3.8, 4) is 0 Å². The van der Waals surface area contributed by atoms with E-state index in [0.29, 0.717) is 6.61 Å². The Morgan fingerprint density at radius 1 is 1.47 bits per heavy atom. The molecule has 1 aromatic rings. The Labute approximate surface area is 116 Å². The van der Waals surface area contributed by atoms with E-state index in [1.165, 1.54) is 18.2 Å². The van der Waals surface area contributed by atoms with Crippen LogP contribution in [0.1, 0.15) is 17.3 Å².